The third kappa shape index (κ3) is 40.5. The molecule has 0 radical (unpaired) electrons. The Bertz CT molecular complexity index is 1560. The molecule has 0 aromatic carbocycles. The zero-order chi connectivity index (χ0) is 61.6. The predicted octanol–water partition coefficient (Wildman–Crippen LogP) is 14.5. The van der Waals surface area contributed by atoms with Crippen molar-refractivity contribution in [2.75, 3.05) is 19.8 Å². The predicted molar refractivity (Wildman–Crippen MR) is 346 cm³/mol. The van der Waals surface area contributed by atoms with E-state index in [-0.39, 0.29) is 12.5 Å². The molecule has 0 aromatic heterocycles. The summed E-state index contributed by atoms with van der Waals surface area (Å²) in [6, 6.07) is -0.828. The molecule has 2 aliphatic heterocycles. The number of nitrogens with one attached hydrogen (secondary N) is 1. The summed E-state index contributed by atoms with van der Waals surface area (Å²) in [5.74, 6) is -0.201. The van der Waals surface area contributed by atoms with Crippen LogP contribution in [0.4, 0.5) is 0 Å². The lowest BCUT2D eigenvalue weighted by Crippen LogP contribution is -2.65. The summed E-state index contributed by atoms with van der Waals surface area (Å²) in [6.45, 7) is 2.89. The van der Waals surface area contributed by atoms with Crippen LogP contribution in [0.5, 0.6) is 0 Å². The van der Waals surface area contributed by atoms with Gasteiger partial charge in [-0.3, -0.25) is 4.79 Å². The van der Waals surface area contributed by atoms with Gasteiger partial charge in [0.1, 0.15) is 48.8 Å². The number of unbranched alkanes of at least 4 members (excludes halogenated alkanes) is 40. The molecule has 1 amide bonds. The first-order chi connectivity index (χ1) is 41.6. The molecule has 2 fully saturated rings. The Morgan fingerprint density at radius 3 is 1.19 bits per heavy atom. The summed E-state index contributed by atoms with van der Waals surface area (Å²) in [6.07, 6.45) is 54.5. The second-order valence-corrected chi connectivity index (χ2v) is 25.4. The number of amides is 1. The molecular formula is C71H133NO13. The maximum atomic E-state index is 13.3. The van der Waals surface area contributed by atoms with Gasteiger partial charge >= 0.3 is 0 Å². The van der Waals surface area contributed by atoms with Crippen molar-refractivity contribution < 1.29 is 64.6 Å². The van der Waals surface area contributed by atoms with Crippen LogP contribution in [0.25, 0.3) is 0 Å². The van der Waals surface area contributed by atoms with Crippen LogP contribution in [-0.2, 0) is 23.7 Å². The fourth-order valence-electron chi connectivity index (χ4n) is 11.9. The molecule has 12 unspecified atom stereocenters. The fourth-order valence-corrected chi connectivity index (χ4v) is 11.9. The van der Waals surface area contributed by atoms with Crippen LogP contribution in [-0.4, -0.2) is 140 Å². The monoisotopic (exact) mass is 1210 g/mol. The second-order valence-electron chi connectivity index (χ2n) is 25.4. The van der Waals surface area contributed by atoms with Crippen molar-refractivity contribution in [2.45, 2.75) is 389 Å². The van der Waals surface area contributed by atoms with Crippen molar-refractivity contribution in [3.63, 3.8) is 0 Å². The Balaban J connectivity index is 1.62. The molecule has 0 bridgehead atoms. The molecule has 85 heavy (non-hydrogen) atoms. The maximum absolute atomic E-state index is 13.3. The Hall–Kier alpha value is -1.79. The van der Waals surface area contributed by atoms with Gasteiger partial charge in [-0.05, 0) is 51.4 Å². The number of carbonyl (C=O) groups excluding carboxylic acids is 1. The number of hydrogen-bond acceptors (Lipinski definition) is 13. The standard InChI is InChI=1S/C71H133NO13/c1-3-5-7-9-11-13-15-17-19-21-23-24-25-26-27-28-29-30-31-32-33-34-35-36-37-39-41-43-45-47-49-51-53-55-63(76)72-59(60(75)54-52-50-48-46-44-42-40-38-22-20-18-16-14-12-10-8-6-4-2)58-82-70-68(81)66(79)69(62(57-74)84-70)85-71-67(80)65(78)64(77)61(56-73)83-71/h15,17,21,23,25-26,59-62,64-71,73-75,77-81H,3-14,16,18-20,22,24,27-58H2,1-2H3,(H,72,76)/b17-15-,23-21-,26-25-. The van der Waals surface area contributed by atoms with E-state index in [2.05, 4.69) is 55.6 Å². The fraction of sp³-hybridized carbons (Fsp3) is 0.901. The average molecular weight is 1210 g/mol. The van der Waals surface area contributed by atoms with Crippen LogP contribution in [0.1, 0.15) is 316 Å². The van der Waals surface area contributed by atoms with E-state index in [4.69, 9.17) is 18.9 Å². The van der Waals surface area contributed by atoms with Gasteiger partial charge in [-0.15, -0.1) is 0 Å². The van der Waals surface area contributed by atoms with E-state index >= 15 is 0 Å². The first-order valence-corrected chi connectivity index (χ1v) is 35.7. The van der Waals surface area contributed by atoms with E-state index in [1.54, 1.807) is 0 Å². The van der Waals surface area contributed by atoms with Gasteiger partial charge in [-0.1, -0.05) is 294 Å². The van der Waals surface area contributed by atoms with E-state index < -0.39 is 86.8 Å². The molecule has 12 atom stereocenters. The van der Waals surface area contributed by atoms with Crippen LogP contribution in [0.2, 0.25) is 0 Å². The summed E-state index contributed by atoms with van der Waals surface area (Å²) in [5, 5.41) is 87.6. The number of carbonyl (C=O) groups is 1. The minimum atomic E-state index is -1.78. The molecule has 2 saturated heterocycles. The summed E-state index contributed by atoms with van der Waals surface area (Å²) >= 11 is 0. The van der Waals surface area contributed by atoms with E-state index in [0.717, 1.165) is 64.2 Å². The number of allylic oxidation sites excluding steroid dienone is 6. The highest BCUT2D eigenvalue weighted by atomic mass is 16.7. The average Bonchev–Trinajstić information content (AvgIpc) is 3.29. The van der Waals surface area contributed by atoms with Crippen molar-refractivity contribution in [1.29, 1.82) is 0 Å². The van der Waals surface area contributed by atoms with E-state index in [0.29, 0.717) is 12.8 Å². The molecule has 2 rings (SSSR count). The first-order valence-electron chi connectivity index (χ1n) is 35.7. The van der Waals surface area contributed by atoms with Gasteiger partial charge in [0, 0.05) is 6.42 Å². The smallest absolute Gasteiger partial charge is 0.220 e. The summed E-state index contributed by atoms with van der Waals surface area (Å²) in [5.41, 5.74) is 0. The van der Waals surface area contributed by atoms with Gasteiger partial charge in [0.2, 0.25) is 5.91 Å². The van der Waals surface area contributed by atoms with Crippen LogP contribution in [0.15, 0.2) is 36.5 Å². The molecule has 14 heteroatoms. The van der Waals surface area contributed by atoms with Crippen LogP contribution in [0, 0.1) is 0 Å². The minimum absolute atomic E-state index is 0.201. The van der Waals surface area contributed by atoms with Gasteiger partial charge in [0.15, 0.2) is 12.6 Å². The SMILES string of the molecule is CCCCCCC/C=C\C/C=C\C/C=C\CCCCCCCCCCCCCCCCCCCCC(=O)NC(COC1OC(CO)C(OC2OC(CO)C(O)C(O)C2O)C(O)C1O)C(O)CCCCCCCCCCCCCCCCCCCC. The largest absolute Gasteiger partial charge is 0.394 e. The second kappa shape index (κ2) is 56.2. The Morgan fingerprint density at radius 2 is 0.776 bits per heavy atom. The van der Waals surface area contributed by atoms with Gasteiger partial charge in [0.05, 0.1) is 32.0 Å². The number of ether oxygens (including phenoxy) is 4. The zero-order valence-electron chi connectivity index (χ0n) is 54.4. The van der Waals surface area contributed by atoms with Gasteiger partial charge in [-0.25, -0.2) is 0 Å². The molecule has 2 heterocycles. The van der Waals surface area contributed by atoms with Gasteiger partial charge in [0.25, 0.3) is 0 Å². The molecule has 0 aromatic rings. The number of rotatable bonds is 59. The van der Waals surface area contributed by atoms with Crippen LogP contribution < -0.4 is 5.32 Å². The highest BCUT2D eigenvalue weighted by molar-refractivity contribution is 5.76. The normalized spacial score (nSPS) is 23.7. The van der Waals surface area contributed by atoms with E-state index in [1.165, 1.54) is 225 Å². The molecule has 0 spiro atoms. The van der Waals surface area contributed by atoms with Gasteiger partial charge < -0.3 is 65.1 Å². The highest BCUT2D eigenvalue weighted by Crippen LogP contribution is 2.30. The number of aliphatic hydroxyl groups excluding tert-OH is 8. The van der Waals surface area contributed by atoms with E-state index in [9.17, 15) is 45.6 Å². The number of hydrogen-bond donors (Lipinski definition) is 9. The highest BCUT2D eigenvalue weighted by Gasteiger charge is 2.51. The first kappa shape index (κ1) is 79.3. The molecule has 0 saturated carbocycles. The molecule has 14 nitrogen and oxygen atoms in total. The molecule has 9 N–H and O–H groups in total. The minimum Gasteiger partial charge on any atom is -0.394 e. The molecule has 2 aliphatic rings. The zero-order valence-corrected chi connectivity index (χ0v) is 54.4. The summed E-state index contributed by atoms with van der Waals surface area (Å²) in [4.78, 5) is 13.3. The molecule has 0 aliphatic carbocycles. The Morgan fingerprint density at radius 1 is 0.424 bits per heavy atom. The lowest BCUT2D eigenvalue weighted by molar-refractivity contribution is -0.359. The molecular weight excluding hydrogens is 1070 g/mol. The van der Waals surface area contributed by atoms with E-state index in [1.807, 2.05) is 0 Å². The number of aliphatic hydroxyl groups is 8. The third-order valence-corrected chi connectivity index (χ3v) is 17.6. The van der Waals surface area contributed by atoms with Crippen LogP contribution >= 0.6 is 0 Å². The lowest BCUT2D eigenvalue weighted by Gasteiger charge is -2.46. The van der Waals surface area contributed by atoms with Crippen molar-refractivity contribution in [3.05, 3.63) is 36.5 Å². The molecule has 500 valence electrons. The summed E-state index contributed by atoms with van der Waals surface area (Å²) in [7, 11) is 0. The third-order valence-electron chi connectivity index (χ3n) is 17.6. The van der Waals surface area contributed by atoms with Gasteiger partial charge in [-0.2, -0.15) is 0 Å². The summed E-state index contributed by atoms with van der Waals surface area (Å²) < 4.78 is 22.9. The maximum Gasteiger partial charge on any atom is 0.220 e. The quantitative estimate of drug-likeness (QED) is 0.0204. The lowest BCUT2D eigenvalue weighted by atomic mass is 9.97. The topological polar surface area (TPSA) is 228 Å². The van der Waals surface area contributed by atoms with Crippen molar-refractivity contribution in [3.8, 4) is 0 Å². The van der Waals surface area contributed by atoms with Crippen molar-refractivity contribution in [1.82, 2.24) is 5.32 Å². The van der Waals surface area contributed by atoms with Crippen LogP contribution in [0.3, 0.4) is 0 Å². The Labute approximate surface area is 519 Å². The van der Waals surface area contributed by atoms with Crippen molar-refractivity contribution >= 4 is 5.91 Å². The Kier molecular flexibility index (Phi) is 52.4. The van der Waals surface area contributed by atoms with Crippen molar-refractivity contribution in [2.24, 2.45) is 0 Å².